The van der Waals surface area contributed by atoms with Crippen LogP contribution in [0.1, 0.15) is 23.6 Å². The van der Waals surface area contributed by atoms with Gasteiger partial charge in [-0.15, -0.1) is 0 Å². The number of methoxy groups -OCH3 is 2. The van der Waals surface area contributed by atoms with E-state index in [4.69, 9.17) is 9.47 Å². The first-order valence-electron chi connectivity index (χ1n) is 7.99. The van der Waals surface area contributed by atoms with E-state index in [1.807, 2.05) is 18.2 Å². The largest absolute Gasteiger partial charge is 0.493 e. The van der Waals surface area contributed by atoms with Gasteiger partial charge in [-0.05, 0) is 30.2 Å². The average Bonchev–Trinajstić information content (AvgIpc) is 2.95. The van der Waals surface area contributed by atoms with Crippen molar-refractivity contribution < 1.29 is 19.0 Å². The zero-order valence-electron chi connectivity index (χ0n) is 13.9. The highest BCUT2D eigenvalue weighted by Crippen LogP contribution is 2.37. The smallest absolute Gasteiger partial charge is 0.165 e. The second kappa shape index (κ2) is 7.20. The van der Waals surface area contributed by atoms with Crippen molar-refractivity contribution in [1.82, 2.24) is 4.90 Å². The number of aliphatic hydroxyl groups is 1. The molecule has 0 spiro atoms. The van der Waals surface area contributed by atoms with Crippen LogP contribution in [0.4, 0.5) is 4.39 Å². The number of hydrogen-bond donors (Lipinski definition) is 1. The van der Waals surface area contributed by atoms with E-state index in [0.29, 0.717) is 31.0 Å². The fraction of sp³-hybridized carbons (Fsp3) is 0.368. The number of aliphatic hydroxyl groups excluding tert-OH is 1. The molecule has 5 heteroatoms. The highest BCUT2D eigenvalue weighted by atomic mass is 19.1. The Bertz CT molecular complexity index is 690. The number of nitrogens with zero attached hydrogens (tertiary/aromatic N) is 1. The Balaban J connectivity index is 1.86. The van der Waals surface area contributed by atoms with Gasteiger partial charge in [0, 0.05) is 24.7 Å². The number of ether oxygens (including phenoxy) is 2. The molecular weight excluding hydrogens is 309 g/mol. The van der Waals surface area contributed by atoms with E-state index >= 15 is 0 Å². The van der Waals surface area contributed by atoms with Crippen molar-refractivity contribution >= 4 is 0 Å². The van der Waals surface area contributed by atoms with Crippen LogP contribution in [0, 0.1) is 5.82 Å². The molecular formula is C19H22FNO3. The lowest BCUT2D eigenvalue weighted by molar-refractivity contribution is 0.172. The number of β-amino-alcohol motifs (C(OH)–C–C–N with tert-alkyl or cyclic N) is 1. The van der Waals surface area contributed by atoms with Gasteiger partial charge >= 0.3 is 0 Å². The van der Waals surface area contributed by atoms with Gasteiger partial charge in [-0.2, -0.15) is 0 Å². The molecule has 0 aromatic heterocycles. The maximum absolute atomic E-state index is 13.2. The molecule has 0 unspecified atom stereocenters. The van der Waals surface area contributed by atoms with E-state index in [9.17, 15) is 9.50 Å². The van der Waals surface area contributed by atoms with E-state index in [-0.39, 0.29) is 11.9 Å². The molecule has 1 fully saturated rings. The summed E-state index contributed by atoms with van der Waals surface area (Å²) >= 11 is 0. The molecule has 0 bridgehead atoms. The molecule has 2 aromatic rings. The number of para-hydroxylation sites is 1. The van der Waals surface area contributed by atoms with Crippen LogP contribution in [0.15, 0.2) is 42.5 Å². The van der Waals surface area contributed by atoms with Crippen molar-refractivity contribution in [2.75, 3.05) is 20.8 Å². The van der Waals surface area contributed by atoms with Crippen molar-refractivity contribution in [2.45, 2.75) is 25.1 Å². The van der Waals surface area contributed by atoms with E-state index in [0.717, 1.165) is 11.1 Å². The maximum Gasteiger partial charge on any atom is 0.165 e. The molecule has 2 atom stereocenters. The van der Waals surface area contributed by atoms with Gasteiger partial charge in [0.25, 0.3) is 0 Å². The van der Waals surface area contributed by atoms with Crippen molar-refractivity contribution in [3.05, 3.63) is 59.4 Å². The molecule has 128 valence electrons. The van der Waals surface area contributed by atoms with Gasteiger partial charge in [-0.1, -0.05) is 24.3 Å². The monoisotopic (exact) mass is 331 g/mol. The molecule has 0 saturated carbocycles. The van der Waals surface area contributed by atoms with E-state index in [2.05, 4.69) is 4.90 Å². The van der Waals surface area contributed by atoms with Crippen LogP contribution >= 0.6 is 0 Å². The van der Waals surface area contributed by atoms with Crippen molar-refractivity contribution in [1.29, 1.82) is 0 Å². The van der Waals surface area contributed by atoms with Crippen LogP contribution in [-0.4, -0.2) is 36.9 Å². The molecule has 0 aliphatic carbocycles. The topological polar surface area (TPSA) is 41.9 Å². The number of likely N-dealkylation sites (tertiary alicyclic amines) is 1. The standard InChI is InChI=1S/C19H22FNO3/c1-23-18-5-3-4-14(19(18)24-2)11-21-12-16(22)10-17(21)13-6-8-15(20)9-7-13/h3-9,16-17,22H,10-12H2,1-2H3/t16-,17-/m0/s1. The van der Waals surface area contributed by atoms with Gasteiger partial charge in [0.15, 0.2) is 11.5 Å². The van der Waals surface area contributed by atoms with Crippen LogP contribution in [-0.2, 0) is 6.54 Å². The van der Waals surface area contributed by atoms with Gasteiger partial charge < -0.3 is 14.6 Å². The molecule has 1 aliphatic rings. The lowest BCUT2D eigenvalue weighted by Crippen LogP contribution is -2.24. The third-order valence-electron chi connectivity index (χ3n) is 4.49. The third-order valence-corrected chi connectivity index (χ3v) is 4.49. The van der Waals surface area contributed by atoms with Gasteiger partial charge in [-0.3, -0.25) is 4.90 Å². The molecule has 1 N–H and O–H groups in total. The van der Waals surface area contributed by atoms with Crippen LogP contribution in [0.3, 0.4) is 0 Å². The third kappa shape index (κ3) is 3.37. The minimum atomic E-state index is -0.392. The molecule has 0 amide bonds. The molecule has 2 aromatic carbocycles. The first kappa shape index (κ1) is 16.7. The Labute approximate surface area is 141 Å². The fourth-order valence-corrected chi connectivity index (χ4v) is 3.38. The average molecular weight is 331 g/mol. The Morgan fingerprint density at radius 3 is 2.54 bits per heavy atom. The van der Waals surface area contributed by atoms with Crippen molar-refractivity contribution in [3.63, 3.8) is 0 Å². The number of hydrogen-bond acceptors (Lipinski definition) is 4. The Morgan fingerprint density at radius 2 is 1.88 bits per heavy atom. The highest BCUT2D eigenvalue weighted by molar-refractivity contribution is 5.46. The van der Waals surface area contributed by atoms with Gasteiger partial charge in [0.2, 0.25) is 0 Å². The molecule has 1 saturated heterocycles. The lowest BCUT2D eigenvalue weighted by atomic mass is 10.0. The second-order valence-corrected chi connectivity index (χ2v) is 6.04. The summed E-state index contributed by atoms with van der Waals surface area (Å²) in [5, 5.41) is 10.1. The van der Waals surface area contributed by atoms with Gasteiger partial charge in [0.1, 0.15) is 5.82 Å². The molecule has 4 nitrogen and oxygen atoms in total. The van der Waals surface area contributed by atoms with Crippen LogP contribution in [0.25, 0.3) is 0 Å². The summed E-state index contributed by atoms with van der Waals surface area (Å²) < 4.78 is 24.0. The number of benzene rings is 2. The van der Waals surface area contributed by atoms with Crippen LogP contribution in [0.2, 0.25) is 0 Å². The fourth-order valence-electron chi connectivity index (χ4n) is 3.38. The summed E-state index contributed by atoms with van der Waals surface area (Å²) in [5.41, 5.74) is 2.01. The zero-order valence-corrected chi connectivity index (χ0v) is 13.9. The van der Waals surface area contributed by atoms with Crippen molar-refractivity contribution in [3.8, 4) is 11.5 Å². The van der Waals surface area contributed by atoms with Crippen LogP contribution < -0.4 is 9.47 Å². The summed E-state index contributed by atoms with van der Waals surface area (Å²) in [5.74, 6) is 1.14. The normalized spacial score (nSPS) is 21.0. The number of rotatable bonds is 5. The Morgan fingerprint density at radius 1 is 1.12 bits per heavy atom. The quantitative estimate of drug-likeness (QED) is 0.914. The summed E-state index contributed by atoms with van der Waals surface area (Å²) in [7, 11) is 3.24. The van der Waals surface area contributed by atoms with Crippen LogP contribution in [0.5, 0.6) is 11.5 Å². The maximum atomic E-state index is 13.2. The second-order valence-electron chi connectivity index (χ2n) is 6.04. The molecule has 24 heavy (non-hydrogen) atoms. The van der Waals surface area contributed by atoms with E-state index in [1.54, 1.807) is 26.4 Å². The summed E-state index contributed by atoms with van der Waals surface area (Å²) in [6, 6.07) is 12.3. The van der Waals surface area contributed by atoms with E-state index in [1.165, 1.54) is 12.1 Å². The zero-order chi connectivity index (χ0) is 17.1. The SMILES string of the molecule is COc1cccc(CN2C[C@@H](O)C[C@H]2c2ccc(F)cc2)c1OC. The minimum absolute atomic E-state index is 0.0523. The summed E-state index contributed by atoms with van der Waals surface area (Å²) in [6.45, 7) is 1.20. The minimum Gasteiger partial charge on any atom is -0.493 e. The first-order valence-corrected chi connectivity index (χ1v) is 7.99. The number of halogens is 1. The predicted octanol–water partition coefficient (Wildman–Crippen LogP) is 3.15. The van der Waals surface area contributed by atoms with Crippen molar-refractivity contribution in [2.24, 2.45) is 0 Å². The summed E-state index contributed by atoms with van der Waals surface area (Å²) in [4.78, 5) is 2.19. The van der Waals surface area contributed by atoms with Gasteiger partial charge in [0.05, 0.1) is 20.3 Å². The summed E-state index contributed by atoms with van der Waals surface area (Å²) in [6.07, 6.45) is 0.245. The lowest BCUT2D eigenvalue weighted by Gasteiger charge is -2.25. The molecule has 0 radical (unpaired) electrons. The molecule has 1 aliphatic heterocycles. The molecule has 3 rings (SSSR count). The molecule has 1 heterocycles. The first-order chi connectivity index (χ1) is 11.6. The van der Waals surface area contributed by atoms with Gasteiger partial charge in [-0.25, -0.2) is 4.39 Å². The Hall–Kier alpha value is -2.11. The highest BCUT2D eigenvalue weighted by Gasteiger charge is 2.32. The van der Waals surface area contributed by atoms with E-state index < -0.39 is 6.10 Å². The Kier molecular flexibility index (Phi) is 5.02. The predicted molar refractivity (Wildman–Crippen MR) is 89.7 cm³/mol.